The third-order valence-corrected chi connectivity index (χ3v) is 9.50. The van der Waals surface area contributed by atoms with E-state index < -0.39 is 5.97 Å². The van der Waals surface area contributed by atoms with Gasteiger partial charge in [-0.3, -0.25) is 4.79 Å². The molecular formula is C28H33Cl2NO5. The molecule has 2 aromatic carbocycles. The summed E-state index contributed by atoms with van der Waals surface area (Å²) in [5.74, 6) is -0.138. The maximum absolute atomic E-state index is 13.2. The maximum Gasteiger partial charge on any atom is 0.339 e. The number of phenols is 1. The van der Waals surface area contributed by atoms with Gasteiger partial charge >= 0.3 is 5.97 Å². The van der Waals surface area contributed by atoms with Gasteiger partial charge in [-0.1, -0.05) is 44.0 Å². The van der Waals surface area contributed by atoms with E-state index in [2.05, 4.69) is 26.1 Å². The van der Waals surface area contributed by atoms with E-state index in [1.54, 1.807) is 19.1 Å². The highest BCUT2D eigenvalue weighted by molar-refractivity contribution is 6.35. The average molecular weight is 534 g/mol. The summed E-state index contributed by atoms with van der Waals surface area (Å²) in [7, 11) is 0. The van der Waals surface area contributed by atoms with Crippen LogP contribution in [0.2, 0.25) is 10.0 Å². The van der Waals surface area contributed by atoms with Crippen molar-refractivity contribution in [1.29, 1.82) is 0 Å². The number of ketones is 1. The van der Waals surface area contributed by atoms with Gasteiger partial charge in [0, 0.05) is 40.7 Å². The van der Waals surface area contributed by atoms with E-state index in [1.165, 1.54) is 18.6 Å². The number of phenolic OH excluding ortho intramolecular Hbond substituents is 1. The Labute approximate surface area is 221 Å². The smallest absolute Gasteiger partial charge is 0.339 e. The zero-order chi connectivity index (χ0) is 26.4. The number of Topliss-reactive ketones (excluding diaryl/α,β-unsaturated/α-hetero) is 1. The van der Waals surface area contributed by atoms with Crippen LogP contribution < -0.4 is 10.1 Å². The molecule has 2 bridgehead atoms. The van der Waals surface area contributed by atoms with Gasteiger partial charge in [-0.15, -0.1) is 0 Å². The zero-order valence-corrected chi connectivity index (χ0v) is 22.6. The van der Waals surface area contributed by atoms with Crippen LogP contribution in [0.1, 0.15) is 67.9 Å². The second-order valence-corrected chi connectivity index (χ2v) is 11.7. The summed E-state index contributed by atoms with van der Waals surface area (Å²) < 4.78 is 5.95. The summed E-state index contributed by atoms with van der Waals surface area (Å²) in [6.45, 7) is 8.91. The number of hydrogen-bond donors (Lipinski definition) is 3. The van der Waals surface area contributed by atoms with Crippen LogP contribution in [0.25, 0.3) is 0 Å². The summed E-state index contributed by atoms with van der Waals surface area (Å²) in [6.07, 6.45) is 3.44. The Morgan fingerprint density at radius 2 is 1.92 bits per heavy atom. The summed E-state index contributed by atoms with van der Waals surface area (Å²) >= 11 is 12.1. The summed E-state index contributed by atoms with van der Waals surface area (Å²) in [4.78, 5) is 25.0. The van der Waals surface area contributed by atoms with Gasteiger partial charge in [-0.05, 0) is 67.2 Å². The molecule has 2 aliphatic rings. The summed E-state index contributed by atoms with van der Waals surface area (Å²) in [5.41, 5.74) is 1.94. The predicted octanol–water partition coefficient (Wildman–Crippen LogP) is 7.12. The Morgan fingerprint density at radius 1 is 1.19 bits per heavy atom. The molecule has 194 valence electrons. The molecule has 0 aliphatic heterocycles. The van der Waals surface area contributed by atoms with Gasteiger partial charge in [0.1, 0.15) is 22.8 Å². The molecule has 0 heterocycles. The van der Waals surface area contributed by atoms with Gasteiger partial charge in [-0.25, -0.2) is 4.79 Å². The van der Waals surface area contributed by atoms with E-state index in [0.717, 1.165) is 12.8 Å². The number of hydrogen-bond acceptors (Lipinski definition) is 5. The minimum absolute atomic E-state index is 0.00944. The van der Waals surface area contributed by atoms with Crippen molar-refractivity contribution < 1.29 is 24.5 Å². The topological polar surface area (TPSA) is 95.9 Å². The molecule has 0 saturated heterocycles. The van der Waals surface area contributed by atoms with Crippen molar-refractivity contribution in [2.75, 3.05) is 11.9 Å². The van der Waals surface area contributed by atoms with Crippen LogP contribution in [0.4, 0.5) is 5.69 Å². The maximum atomic E-state index is 13.2. The van der Waals surface area contributed by atoms with Crippen LogP contribution in [-0.4, -0.2) is 28.6 Å². The third kappa shape index (κ3) is 4.54. The number of aromatic carboxylic acids is 1. The van der Waals surface area contributed by atoms with Crippen LogP contribution in [0.5, 0.6) is 11.5 Å². The van der Waals surface area contributed by atoms with Crippen molar-refractivity contribution in [3.05, 3.63) is 51.0 Å². The second kappa shape index (κ2) is 9.79. The number of carboxylic acid groups (broad SMARTS) is 1. The molecule has 3 N–H and O–H groups in total. The molecule has 3 atom stereocenters. The number of fused-ring (bicyclic) bond motifs is 2. The molecule has 0 amide bonds. The Bertz CT molecular complexity index is 1210. The van der Waals surface area contributed by atoms with E-state index in [0.29, 0.717) is 27.8 Å². The highest BCUT2D eigenvalue weighted by Crippen LogP contribution is 2.68. The fourth-order valence-corrected chi connectivity index (χ4v) is 6.84. The van der Waals surface area contributed by atoms with Crippen molar-refractivity contribution >= 4 is 40.6 Å². The fourth-order valence-electron chi connectivity index (χ4n) is 6.30. The first kappa shape index (κ1) is 26.6. The first-order valence-electron chi connectivity index (χ1n) is 12.3. The number of anilines is 1. The molecule has 8 heteroatoms. The van der Waals surface area contributed by atoms with E-state index in [1.807, 2.05) is 0 Å². The zero-order valence-electron chi connectivity index (χ0n) is 21.1. The largest absolute Gasteiger partial charge is 0.506 e. The van der Waals surface area contributed by atoms with Crippen LogP contribution in [-0.2, 0) is 11.3 Å². The fraction of sp³-hybridized carbons (Fsp3) is 0.500. The Morgan fingerprint density at radius 3 is 2.53 bits per heavy atom. The lowest BCUT2D eigenvalue weighted by Crippen LogP contribution is -2.36. The van der Waals surface area contributed by atoms with Crippen LogP contribution in [0.3, 0.4) is 0 Å². The summed E-state index contributed by atoms with van der Waals surface area (Å²) in [5, 5.41) is 23.7. The lowest BCUT2D eigenvalue weighted by molar-refractivity contribution is -0.128. The van der Waals surface area contributed by atoms with Gasteiger partial charge < -0.3 is 20.3 Å². The van der Waals surface area contributed by atoms with Crippen molar-refractivity contribution in [3.8, 4) is 11.5 Å². The molecule has 36 heavy (non-hydrogen) atoms. The standard InChI is InChI=1S/C28H33Cl2NO5/c1-15-22(31-14-16-11-18(29)13-21(30)24(16)33)6-5-19(26(34)35)25(15)36-10-8-23(32)20-12-17-7-9-28(20,4)27(17,2)3/h5-6,11,13,17,20,31,33H,7-10,12,14H2,1-4H3,(H,34,35). The van der Waals surface area contributed by atoms with Crippen molar-refractivity contribution in [1.82, 2.24) is 0 Å². The molecule has 0 aromatic heterocycles. The van der Waals surface area contributed by atoms with Gasteiger partial charge in [0.05, 0.1) is 11.6 Å². The Kier molecular flexibility index (Phi) is 7.24. The number of benzene rings is 2. The van der Waals surface area contributed by atoms with Gasteiger partial charge in [0.15, 0.2) is 0 Å². The SMILES string of the molecule is Cc1c(NCc2cc(Cl)cc(Cl)c2O)ccc(C(=O)O)c1OCCC(=O)C1CC2CCC1(C)C2(C)C. The minimum atomic E-state index is -1.10. The normalized spacial score (nSPS) is 24.1. The third-order valence-electron chi connectivity index (χ3n) is 8.99. The highest BCUT2D eigenvalue weighted by Gasteiger charge is 2.62. The lowest BCUT2D eigenvalue weighted by atomic mass is 9.65. The van der Waals surface area contributed by atoms with Crippen molar-refractivity contribution in [3.63, 3.8) is 0 Å². The van der Waals surface area contributed by atoms with E-state index in [4.69, 9.17) is 27.9 Å². The van der Waals surface area contributed by atoms with Crippen LogP contribution in [0, 0.1) is 29.6 Å². The van der Waals surface area contributed by atoms with E-state index in [-0.39, 0.29) is 64.2 Å². The number of carbonyl (C=O) groups is 2. The van der Waals surface area contributed by atoms with Crippen molar-refractivity contribution in [2.45, 2.75) is 59.9 Å². The molecular weight excluding hydrogens is 501 g/mol. The second-order valence-electron chi connectivity index (χ2n) is 10.9. The Hall–Kier alpha value is -2.44. The number of halogens is 2. The number of carboxylic acids is 1. The average Bonchev–Trinajstić information content (AvgIpc) is 3.15. The molecule has 2 aromatic rings. The van der Waals surface area contributed by atoms with E-state index >= 15 is 0 Å². The minimum Gasteiger partial charge on any atom is -0.506 e. The van der Waals surface area contributed by atoms with Gasteiger partial charge in [-0.2, -0.15) is 0 Å². The molecule has 2 aliphatic carbocycles. The number of aromatic hydroxyl groups is 1. The van der Waals surface area contributed by atoms with Gasteiger partial charge in [0.25, 0.3) is 0 Å². The molecule has 6 nitrogen and oxygen atoms in total. The van der Waals surface area contributed by atoms with Crippen LogP contribution >= 0.6 is 23.2 Å². The molecule has 4 rings (SSSR count). The first-order valence-corrected chi connectivity index (χ1v) is 13.1. The highest BCUT2D eigenvalue weighted by atomic mass is 35.5. The number of ether oxygens (including phenoxy) is 1. The lowest BCUT2D eigenvalue weighted by Gasteiger charge is -2.38. The molecule has 2 fully saturated rings. The quantitative estimate of drug-likeness (QED) is 0.317. The number of carbonyl (C=O) groups excluding carboxylic acids is 1. The van der Waals surface area contributed by atoms with Crippen LogP contribution in [0.15, 0.2) is 24.3 Å². The summed E-state index contributed by atoms with van der Waals surface area (Å²) in [6, 6.07) is 6.19. The first-order chi connectivity index (χ1) is 16.9. The molecule has 0 radical (unpaired) electrons. The van der Waals surface area contributed by atoms with E-state index in [9.17, 15) is 19.8 Å². The van der Waals surface area contributed by atoms with Crippen molar-refractivity contribution in [2.24, 2.45) is 22.7 Å². The number of rotatable bonds is 9. The Balaban J connectivity index is 1.46. The monoisotopic (exact) mass is 533 g/mol. The molecule has 3 unspecified atom stereocenters. The predicted molar refractivity (Wildman–Crippen MR) is 141 cm³/mol. The number of nitrogens with one attached hydrogen (secondary N) is 1. The molecule has 2 saturated carbocycles. The molecule has 0 spiro atoms. The van der Waals surface area contributed by atoms with Gasteiger partial charge in [0.2, 0.25) is 0 Å².